The van der Waals surface area contributed by atoms with Gasteiger partial charge in [-0.15, -0.1) is 11.6 Å². The monoisotopic (exact) mass is 348 g/mol. The van der Waals surface area contributed by atoms with Crippen molar-refractivity contribution in [2.24, 2.45) is 0 Å². The van der Waals surface area contributed by atoms with Crippen molar-refractivity contribution in [3.8, 4) is 11.3 Å². The quantitative estimate of drug-likeness (QED) is 0.398. The zero-order chi connectivity index (χ0) is 14.1. The van der Waals surface area contributed by atoms with Gasteiger partial charge >= 0.3 is 5.82 Å². The van der Waals surface area contributed by atoms with Gasteiger partial charge in [0.05, 0.1) is 5.39 Å². The molecule has 3 nitrogen and oxygen atoms in total. The molecule has 0 saturated carbocycles. The number of alkyl halides is 1. The van der Waals surface area contributed by atoms with Crippen molar-refractivity contribution in [3.05, 3.63) is 64.0 Å². The molecular weight excluding hydrogens is 340 g/mol. The highest BCUT2D eigenvalue weighted by Crippen LogP contribution is 2.27. The summed E-state index contributed by atoms with van der Waals surface area (Å²) in [5, 5.41) is 13.3. The van der Waals surface area contributed by atoms with Gasteiger partial charge in [0, 0.05) is 10.0 Å². The first kappa shape index (κ1) is 13.3. The Labute approximate surface area is 129 Å². The molecule has 1 heterocycles. The number of hydrogen-bond acceptors (Lipinski definition) is 2. The molecule has 0 aliphatic heterocycles. The molecule has 2 aromatic carbocycles. The zero-order valence-corrected chi connectivity index (χ0v) is 12.7. The van der Waals surface area contributed by atoms with Gasteiger partial charge in [-0.05, 0) is 23.2 Å². The standard InChI is InChI=1S/C15H10BrClN2O/c16-11-6-7-13-12(8-11)15(10-4-2-1-3-5-10)19(20)14(9-17)18-13/h1-8H,9H2. The minimum atomic E-state index is 0.0787. The van der Waals surface area contributed by atoms with E-state index in [2.05, 4.69) is 20.9 Å². The van der Waals surface area contributed by atoms with Crippen LogP contribution in [-0.4, -0.2) is 4.98 Å². The predicted molar refractivity (Wildman–Crippen MR) is 83.4 cm³/mol. The number of nitrogens with zero attached hydrogens (tertiary/aromatic N) is 2. The summed E-state index contributed by atoms with van der Waals surface area (Å²) in [4.78, 5) is 4.32. The Morgan fingerprint density at radius 1 is 1.15 bits per heavy atom. The van der Waals surface area contributed by atoms with Crippen LogP contribution in [0.2, 0.25) is 0 Å². The SMILES string of the molecule is [O-][n+]1c(CCl)nc2ccc(Br)cc2c1-c1ccccc1. The van der Waals surface area contributed by atoms with Crippen LogP contribution in [0.15, 0.2) is 53.0 Å². The summed E-state index contributed by atoms with van der Waals surface area (Å²) in [6.45, 7) is 0. The van der Waals surface area contributed by atoms with Crippen LogP contribution in [0.5, 0.6) is 0 Å². The van der Waals surface area contributed by atoms with Crippen LogP contribution in [0.1, 0.15) is 5.82 Å². The van der Waals surface area contributed by atoms with E-state index in [9.17, 15) is 5.21 Å². The Kier molecular flexibility index (Phi) is 3.59. The first-order chi connectivity index (χ1) is 9.70. The number of halogens is 2. The first-order valence-electron chi connectivity index (χ1n) is 6.04. The average Bonchev–Trinajstić information content (AvgIpc) is 2.47. The molecular formula is C15H10BrClN2O. The van der Waals surface area contributed by atoms with E-state index in [1.807, 2.05) is 48.5 Å². The summed E-state index contributed by atoms with van der Waals surface area (Å²) in [7, 11) is 0. The van der Waals surface area contributed by atoms with Gasteiger partial charge in [0.15, 0.2) is 5.52 Å². The number of hydrogen-bond donors (Lipinski definition) is 0. The van der Waals surface area contributed by atoms with Crippen LogP contribution >= 0.6 is 27.5 Å². The van der Waals surface area contributed by atoms with Gasteiger partial charge in [0.1, 0.15) is 11.6 Å². The summed E-state index contributed by atoms with van der Waals surface area (Å²) >= 11 is 9.26. The third-order valence-electron chi connectivity index (χ3n) is 3.07. The molecule has 0 unspecified atom stereocenters. The fraction of sp³-hybridized carbons (Fsp3) is 0.0667. The predicted octanol–water partition coefficient (Wildman–Crippen LogP) is 4.04. The largest absolute Gasteiger partial charge is 0.710 e. The van der Waals surface area contributed by atoms with Gasteiger partial charge in [0.2, 0.25) is 0 Å². The Balaban J connectivity index is 2.43. The molecule has 0 aliphatic carbocycles. The summed E-state index contributed by atoms with van der Waals surface area (Å²) in [6.07, 6.45) is 0. The van der Waals surface area contributed by atoms with Crippen LogP contribution in [0.25, 0.3) is 22.2 Å². The Morgan fingerprint density at radius 3 is 2.60 bits per heavy atom. The molecule has 3 rings (SSSR count). The topological polar surface area (TPSA) is 39.8 Å². The van der Waals surface area contributed by atoms with Crippen molar-refractivity contribution in [1.29, 1.82) is 0 Å². The minimum Gasteiger partial charge on any atom is -0.710 e. The van der Waals surface area contributed by atoms with E-state index in [1.54, 1.807) is 0 Å². The number of rotatable bonds is 2. The normalized spacial score (nSPS) is 10.9. The molecule has 0 N–H and O–H groups in total. The van der Waals surface area contributed by atoms with Crippen molar-refractivity contribution in [2.45, 2.75) is 5.88 Å². The van der Waals surface area contributed by atoms with E-state index in [-0.39, 0.29) is 5.88 Å². The van der Waals surface area contributed by atoms with E-state index in [4.69, 9.17) is 11.6 Å². The highest BCUT2D eigenvalue weighted by Gasteiger charge is 2.19. The van der Waals surface area contributed by atoms with Crippen LogP contribution < -0.4 is 4.73 Å². The lowest BCUT2D eigenvalue weighted by Crippen LogP contribution is -2.35. The molecule has 1 aromatic heterocycles. The lowest BCUT2D eigenvalue weighted by atomic mass is 10.1. The van der Waals surface area contributed by atoms with Crippen molar-refractivity contribution < 1.29 is 4.73 Å². The third kappa shape index (κ3) is 2.25. The van der Waals surface area contributed by atoms with E-state index < -0.39 is 0 Å². The molecule has 0 amide bonds. The van der Waals surface area contributed by atoms with Crippen molar-refractivity contribution in [2.75, 3.05) is 0 Å². The maximum atomic E-state index is 12.5. The summed E-state index contributed by atoms with van der Waals surface area (Å²) in [6, 6.07) is 15.2. The van der Waals surface area contributed by atoms with Crippen LogP contribution in [-0.2, 0) is 5.88 Å². The molecule has 0 aliphatic rings. The zero-order valence-electron chi connectivity index (χ0n) is 10.4. The Hall–Kier alpha value is -1.65. The van der Waals surface area contributed by atoms with E-state index in [0.29, 0.717) is 11.5 Å². The Morgan fingerprint density at radius 2 is 1.90 bits per heavy atom. The average molecular weight is 350 g/mol. The lowest BCUT2D eigenvalue weighted by molar-refractivity contribution is -0.603. The molecule has 0 radical (unpaired) electrons. The molecule has 0 fully saturated rings. The first-order valence-corrected chi connectivity index (χ1v) is 7.36. The van der Waals surface area contributed by atoms with Gasteiger partial charge in [-0.2, -0.15) is 0 Å². The highest BCUT2D eigenvalue weighted by molar-refractivity contribution is 9.10. The maximum Gasteiger partial charge on any atom is 0.317 e. The highest BCUT2D eigenvalue weighted by atomic mass is 79.9. The second-order valence-corrected chi connectivity index (χ2v) is 5.52. The number of fused-ring (bicyclic) bond motifs is 1. The van der Waals surface area contributed by atoms with Gasteiger partial charge in [-0.25, -0.2) is 4.73 Å². The molecule has 100 valence electrons. The summed E-state index contributed by atoms with van der Waals surface area (Å²) in [5.74, 6) is 0.385. The van der Waals surface area contributed by atoms with Gasteiger partial charge in [-0.1, -0.05) is 46.3 Å². The molecule has 0 bridgehead atoms. The van der Waals surface area contributed by atoms with Crippen LogP contribution in [0.4, 0.5) is 0 Å². The third-order valence-corrected chi connectivity index (χ3v) is 3.80. The molecule has 20 heavy (non-hydrogen) atoms. The van der Waals surface area contributed by atoms with E-state index in [0.717, 1.165) is 25.7 Å². The van der Waals surface area contributed by atoms with Crippen LogP contribution in [0, 0.1) is 5.21 Å². The lowest BCUT2D eigenvalue weighted by Gasteiger charge is -2.13. The van der Waals surface area contributed by atoms with E-state index in [1.165, 1.54) is 0 Å². The van der Waals surface area contributed by atoms with Gasteiger partial charge in [0.25, 0.3) is 0 Å². The van der Waals surface area contributed by atoms with Crippen molar-refractivity contribution in [3.63, 3.8) is 0 Å². The second kappa shape index (κ2) is 5.38. The second-order valence-electron chi connectivity index (χ2n) is 4.33. The maximum absolute atomic E-state index is 12.5. The molecule has 3 aromatic rings. The molecule has 0 spiro atoms. The minimum absolute atomic E-state index is 0.0787. The molecule has 0 saturated heterocycles. The smallest absolute Gasteiger partial charge is 0.317 e. The van der Waals surface area contributed by atoms with Gasteiger partial charge < -0.3 is 5.21 Å². The molecule has 5 heteroatoms. The van der Waals surface area contributed by atoms with E-state index >= 15 is 0 Å². The Bertz CT molecular complexity index is 778. The van der Waals surface area contributed by atoms with Gasteiger partial charge in [-0.3, -0.25) is 0 Å². The summed E-state index contributed by atoms with van der Waals surface area (Å²) in [5.41, 5.74) is 2.18. The van der Waals surface area contributed by atoms with Crippen LogP contribution in [0.3, 0.4) is 0 Å². The fourth-order valence-corrected chi connectivity index (χ4v) is 2.70. The van der Waals surface area contributed by atoms with Crippen molar-refractivity contribution >= 4 is 38.4 Å². The summed E-state index contributed by atoms with van der Waals surface area (Å²) < 4.78 is 1.72. The molecule has 0 atom stereocenters. The number of benzene rings is 2. The van der Waals surface area contributed by atoms with Crippen molar-refractivity contribution in [1.82, 2.24) is 4.98 Å². The number of aromatic nitrogens is 2. The fourth-order valence-electron chi connectivity index (χ4n) is 2.17.